The fraction of sp³-hybridized carbons (Fsp3) is 0.391. The van der Waals surface area contributed by atoms with Crippen LogP contribution in [0.2, 0.25) is 0 Å². The lowest BCUT2D eigenvalue weighted by Crippen LogP contribution is -2.24. The highest BCUT2D eigenvalue weighted by Crippen LogP contribution is 2.37. The number of nitrogens with one attached hydrogen (secondary N) is 1. The second kappa shape index (κ2) is 8.26. The Morgan fingerprint density at radius 2 is 2.03 bits per heavy atom. The number of carbonyl (C=O) groups excluding carboxylic acids is 2. The van der Waals surface area contributed by atoms with E-state index in [0.29, 0.717) is 17.0 Å². The highest BCUT2D eigenvalue weighted by Gasteiger charge is 2.27. The van der Waals surface area contributed by atoms with Crippen LogP contribution < -0.4 is 5.32 Å². The summed E-state index contributed by atoms with van der Waals surface area (Å²) in [6, 6.07) is 6.24. The summed E-state index contributed by atoms with van der Waals surface area (Å²) in [5.74, 6) is -0.662. The van der Waals surface area contributed by atoms with Crippen LogP contribution in [0.15, 0.2) is 24.5 Å². The number of aryl methyl sites for hydroxylation is 1. The number of anilines is 1. The second-order valence-electron chi connectivity index (χ2n) is 8.07. The van der Waals surface area contributed by atoms with Gasteiger partial charge < -0.3 is 19.0 Å². The van der Waals surface area contributed by atoms with E-state index in [0.717, 1.165) is 42.5 Å². The quantitative estimate of drug-likeness (QED) is 0.633. The van der Waals surface area contributed by atoms with Crippen molar-refractivity contribution in [3.8, 4) is 6.07 Å². The van der Waals surface area contributed by atoms with E-state index in [-0.39, 0.29) is 11.7 Å². The Bertz CT molecular complexity index is 1210. The first kappa shape index (κ1) is 20.7. The summed E-state index contributed by atoms with van der Waals surface area (Å²) in [6.45, 7) is 5.34. The van der Waals surface area contributed by atoms with Crippen molar-refractivity contribution in [2.45, 2.75) is 52.5 Å². The fourth-order valence-electron chi connectivity index (χ4n) is 4.26. The predicted molar refractivity (Wildman–Crippen MR) is 115 cm³/mol. The van der Waals surface area contributed by atoms with E-state index < -0.39 is 18.5 Å². The van der Waals surface area contributed by atoms with Crippen molar-refractivity contribution in [2.24, 2.45) is 0 Å². The molecule has 3 aromatic heterocycles. The first-order chi connectivity index (χ1) is 14.9. The number of carbonyl (C=O) groups is 2. The number of fused-ring (bicyclic) bond motifs is 1. The summed E-state index contributed by atoms with van der Waals surface area (Å²) in [5.41, 5.74) is 4.10. The Morgan fingerprint density at radius 3 is 2.74 bits per heavy atom. The van der Waals surface area contributed by atoms with Crippen molar-refractivity contribution in [3.63, 3.8) is 0 Å². The smallest absolute Gasteiger partial charge is 0.359 e. The minimum Gasteiger partial charge on any atom is -0.451 e. The molecule has 0 saturated heterocycles. The second-order valence-corrected chi connectivity index (χ2v) is 8.07. The van der Waals surface area contributed by atoms with Crippen LogP contribution in [0.4, 0.5) is 5.82 Å². The third-order valence-electron chi connectivity index (χ3n) is 5.98. The standard InChI is InChI=1S/C23H25N5O3/c1-14-8-9-27-12-19(25-20(27)10-14)23(30)31-13-21(29)26-22-18(11-24)15(2)16(3)28(22)17-6-4-5-7-17/h8-10,12,17H,4-7,13H2,1-3H3,(H,26,29). The van der Waals surface area contributed by atoms with Crippen LogP contribution in [-0.4, -0.2) is 32.4 Å². The number of nitriles is 1. The first-order valence-corrected chi connectivity index (χ1v) is 10.4. The zero-order valence-electron chi connectivity index (χ0n) is 17.9. The molecule has 8 heteroatoms. The Balaban J connectivity index is 1.48. The average Bonchev–Trinajstić information content (AvgIpc) is 3.46. The van der Waals surface area contributed by atoms with E-state index in [1.54, 1.807) is 10.6 Å². The molecule has 3 aromatic rings. The van der Waals surface area contributed by atoms with E-state index in [4.69, 9.17) is 4.74 Å². The number of rotatable bonds is 5. The molecule has 1 aliphatic carbocycles. The fourth-order valence-corrected chi connectivity index (χ4v) is 4.26. The van der Waals surface area contributed by atoms with Gasteiger partial charge in [-0.2, -0.15) is 5.26 Å². The Labute approximate surface area is 180 Å². The molecule has 0 spiro atoms. The van der Waals surface area contributed by atoms with Gasteiger partial charge in [0.2, 0.25) is 0 Å². The summed E-state index contributed by atoms with van der Waals surface area (Å²) in [5, 5.41) is 12.4. The monoisotopic (exact) mass is 419 g/mol. The van der Waals surface area contributed by atoms with Crippen molar-refractivity contribution in [1.29, 1.82) is 5.26 Å². The summed E-state index contributed by atoms with van der Waals surface area (Å²) in [6.07, 6.45) is 7.68. The number of hydrogen-bond acceptors (Lipinski definition) is 5. The number of aromatic nitrogens is 3. The maximum Gasteiger partial charge on any atom is 0.359 e. The van der Waals surface area contributed by atoms with E-state index in [9.17, 15) is 14.9 Å². The number of imidazole rings is 1. The topological polar surface area (TPSA) is 101 Å². The third kappa shape index (κ3) is 3.91. The Morgan fingerprint density at radius 1 is 1.29 bits per heavy atom. The molecule has 0 aromatic carbocycles. The van der Waals surface area contributed by atoms with Gasteiger partial charge in [-0.25, -0.2) is 9.78 Å². The van der Waals surface area contributed by atoms with Gasteiger partial charge in [-0.1, -0.05) is 12.8 Å². The van der Waals surface area contributed by atoms with Crippen LogP contribution in [0.1, 0.15) is 64.6 Å². The number of esters is 1. The van der Waals surface area contributed by atoms with E-state index in [2.05, 4.69) is 20.9 Å². The van der Waals surface area contributed by atoms with Gasteiger partial charge in [-0.3, -0.25) is 4.79 Å². The normalized spacial score (nSPS) is 14.0. The van der Waals surface area contributed by atoms with Crippen LogP contribution >= 0.6 is 0 Å². The highest BCUT2D eigenvalue weighted by molar-refractivity contribution is 5.95. The van der Waals surface area contributed by atoms with Gasteiger partial charge in [-0.15, -0.1) is 0 Å². The van der Waals surface area contributed by atoms with E-state index >= 15 is 0 Å². The molecule has 1 aliphatic rings. The largest absolute Gasteiger partial charge is 0.451 e. The van der Waals surface area contributed by atoms with Crippen molar-refractivity contribution in [1.82, 2.24) is 14.0 Å². The average molecular weight is 419 g/mol. The number of nitrogens with zero attached hydrogens (tertiary/aromatic N) is 4. The van der Waals surface area contributed by atoms with Gasteiger partial charge in [0.25, 0.3) is 5.91 Å². The molecule has 0 atom stereocenters. The van der Waals surface area contributed by atoms with Crippen LogP contribution in [-0.2, 0) is 9.53 Å². The summed E-state index contributed by atoms with van der Waals surface area (Å²) in [7, 11) is 0. The van der Waals surface area contributed by atoms with Crippen LogP contribution in [0.3, 0.4) is 0 Å². The molecular formula is C23H25N5O3. The molecule has 1 saturated carbocycles. The number of amides is 1. The van der Waals surface area contributed by atoms with Gasteiger partial charge in [0, 0.05) is 24.1 Å². The van der Waals surface area contributed by atoms with Crippen molar-refractivity contribution in [2.75, 3.05) is 11.9 Å². The summed E-state index contributed by atoms with van der Waals surface area (Å²) in [4.78, 5) is 29.2. The van der Waals surface area contributed by atoms with Crippen molar-refractivity contribution >= 4 is 23.3 Å². The van der Waals surface area contributed by atoms with E-state index in [1.165, 1.54) is 0 Å². The summed E-state index contributed by atoms with van der Waals surface area (Å²) < 4.78 is 8.96. The zero-order chi connectivity index (χ0) is 22.1. The molecule has 0 bridgehead atoms. The predicted octanol–water partition coefficient (Wildman–Crippen LogP) is 3.84. The SMILES string of the molecule is Cc1ccn2cc(C(=O)OCC(=O)Nc3c(C#N)c(C)c(C)n3C3CCCC3)nc2c1. The molecular weight excluding hydrogens is 394 g/mol. The minimum atomic E-state index is -0.671. The van der Waals surface area contributed by atoms with Crippen molar-refractivity contribution < 1.29 is 14.3 Å². The molecule has 0 unspecified atom stereocenters. The minimum absolute atomic E-state index is 0.136. The lowest BCUT2D eigenvalue weighted by molar-refractivity contribution is -0.119. The van der Waals surface area contributed by atoms with E-state index in [1.807, 2.05) is 39.1 Å². The van der Waals surface area contributed by atoms with Crippen LogP contribution in [0.25, 0.3) is 5.65 Å². The van der Waals surface area contributed by atoms with Gasteiger partial charge in [0.05, 0.1) is 5.56 Å². The van der Waals surface area contributed by atoms with Gasteiger partial charge >= 0.3 is 5.97 Å². The maximum atomic E-state index is 12.6. The molecule has 0 aliphatic heterocycles. The van der Waals surface area contributed by atoms with Gasteiger partial charge in [0.1, 0.15) is 17.5 Å². The molecule has 0 radical (unpaired) electrons. The Kier molecular flexibility index (Phi) is 5.51. The number of hydrogen-bond donors (Lipinski definition) is 1. The molecule has 1 fully saturated rings. The molecule has 1 N–H and O–H groups in total. The van der Waals surface area contributed by atoms with Crippen LogP contribution in [0.5, 0.6) is 0 Å². The molecule has 160 valence electrons. The lowest BCUT2D eigenvalue weighted by atomic mass is 10.2. The number of ether oxygens (including phenoxy) is 1. The van der Waals surface area contributed by atoms with Crippen LogP contribution in [0, 0.1) is 32.1 Å². The third-order valence-corrected chi connectivity index (χ3v) is 5.98. The summed E-state index contributed by atoms with van der Waals surface area (Å²) >= 11 is 0. The molecule has 1 amide bonds. The highest BCUT2D eigenvalue weighted by atomic mass is 16.5. The number of pyridine rings is 1. The Hall–Kier alpha value is -3.60. The molecule has 8 nitrogen and oxygen atoms in total. The first-order valence-electron chi connectivity index (χ1n) is 10.4. The zero-order valence-corrected chi connectivity index (χ0v) is 17.9. The molecule has 31 heavy (non-hydrogen) atoms. The maximum absolute atomic E-state index is 12.6. The van der Waals surface area contributed by atoms with Crippen molar-refractivity contribution in [3.05, 3.63) is 52.6 Å². The van der Waals surface area contributed by atoms with Gasteiger partial charge in [-0.05, 0) is 56.9 Å². The van der Waals surface area contributed by atoms with Gasteiger partial charge in [0.15, 0.2) is 12.3 Å². The lowest BCUT2D eigenvalue weighted by Gasteiger charge is -2.19. The molecule has 3 heterocycles. The molecule has 4 rings (SSSR count).